The molecule has 0 atom stereocenters. The van der Waals surface area contributed by atoms with Gasteiger partial charge in [-0.05, 0) is 0 Å². The van der Waals surface area contributed by atoms with Crippen LogP contribution < -0.4 is 0 Å². The first-order valence-corrected chi connectivity index (χ1v) is 21.9. The van der Waals surface area contributed by atoms with Gasteiger partial charge in [-0.1, -0.05) is 0 Å². The zero-order valence-corrected chi connectivity index (χ0v) is 20.8. The van der Waals surface area contributed by atoms with Crippen molar-refractivity contribution in [3.63, 3.8) is 0 Å². The second-order valence-electron chi connectivity index (χ2n) is 6.46. The molecule has 0 unspecified atom stereocenters. The molecule has 3 heteroatoms. The molecule has 0 aliphatic carbocycles. The molecule has 1 aliphatic heterocycles. The van der Waals surface area contributed by atoms with Crippen LogP contribution in [0.3, 0.4) is 0 Å². The third-order valence-corrected chi connectivity index (χ3v) is 26.6. The van der Waals surface area contributed by atoms with Crippen LogP contribution in [0.4, 0.5) is 0 Å². The Morgan fingerprint density at radius 3 is 1.78 bits per heavy atom. The Hall–Kier alpha value is -1.05. The Kier molecular flexibility index (Phi) is 7.09. The van der Waals surface area contributed by atoms with E-state index in [9.17, 15) is 0 Å². The Morgan fingerprint density at radius 2 is 1.15 bits per heavy atom. The van der Waals surface area contributed by atoms with Crippen molar-refractivity contribution in [3.05, 3.63) is 108 Å². The summed E-state index contributed by atoms with van der Waals surface area (Å²) in [7, 11) is 0. The van der Waals surface area contributed by atoms with Gasteiger partial charge < -0.3 is 0 Å². The summed E-state index contributed by atoms with van der Waals surface area (Å²) in [5, 5.41) is 1.48. The van der Waals surface area contributed by atoms with Gasteiger partial charge in [0.15, 0.2) is 0 Å². The summed E-state index contributed by atoms with van der Waals surface area (Å²) >= 11 is 1.43. The van der Waals surface area contributed by atoms with E-state index >= 15 is 0 Å². The van der Waals surface area contributed by atoms with E-state index in [0.29, 0.717) is 24.2 Å². The minimum absolute atomic E-state index is 0.288. The molecule has 0 radical (unpaired) electrons. The van der Waals surface area contributed by atoms with Crippen molar-refractivity contribution in [2.45, 2.75) is 18.1 Å². The zero-order valence-electron chi connectivity index (χ0n) is 15.1. The molecule has 0 saturated carbocycles. The van der Waals surface area contributed by atoms with Gasteiger partial charge in [-0.2, -0.15) is 0 Å². The van der Waals surface area contributed by atoms with Crippen LogP contribution in [0, 0.1) is 0 Å². The van der Waals surface area contributed by atoms with Crippen molar-refractivity contribution < 1.29 is 0 Å². The Balaban J connectivity index is 2.02. The van der Waals surface area contributed by atoms with E-state index in [0.717, 1.165) is 0 Å². The Labute approximate surface area is 177 Å². The van der Waals surface area contributed by atoms with Crippen LogP contribution >= 0.6 is 0 Å². The number of rotatable bonds is 3. The van der Waals surface area contributed by atoms with Crippen molar-refractivity contribution in [1.29, 1.82) is 0 Å². The molecule has 132 valence electrons. The normalized spacial score (nSPS) is 20.7. The van der Waals surface area contributed by atoms with Crippen LogP contribution in [-0.2, 0) is 0 Å². The summed E-state index contributed by atoms with van der Waals surface area (Å²) in [4.78, 5) is 0. The molecule has 0 amide bonds. The molecule has 0 aromatic heterocycles. The molecule has 1 aliphatic rings. The molecule has 0 bridgehead atoms. The summed E-state index contributed by atoms with van der Waals surface area (Å²) < 4.78 is 1.66. The zero-order chi connectivity index (χ0) is 18.3. The molecule has 1 heterocycles. The second-order valence-corrected chi connectivity index (χ2v) is 27.1. The Bertz CT molecular complexity index is 972. The van der Waals surface area contributed by atoms with Crippen molar-refractivity contribution in [2.75, 3.05) is 0 Å². The first-order chi connectivity index (χ1) is 13.4. The molecular weight excluding hydrogens is 513 g/mol. The van der Waals surface area contributed by atoms with E-state index in [-0.39, 0.29) is 13.2 Å². The molecule has 0 nitrogen and oxygen atoms in total. The number of allylic oxidation sites excluding steroid dienone is 2. The molecule has 0 saturated heterocycles. The predicted molar refractivity (Wildman–Crippen MR) is 122 cm³/mol. The second kappa shape index (κ2) is 9.93. The molecule has 4 rings (SSSR count). The monoisotopic (exact) mass is 534 g/mol. The summed E-state index contributed by atoms with van der Waals surface area (Å²) in [5.74, 6) is 0. The van der Waals surface area contributed by atoms with Crippen LogP contribution in [0.25, 0.3) is 11.1 Å². The van der Waals surface area contributed by atoms with Crippen LogP contribution in [0.2, 0.25) is 5.21 Å². The standard InChI is InChI=1S/C24H21As3/c1-4-11-19(12-5-1)22-17-10-18-25-27-26-24(21-15-8-3-9-16-21)23(22)20-13-6-2-7-14-20/h1-9,11-16H,10,17-18H2/b23-22+. The summed E-state index contributed by atoms with van der Waals surface area (Å²) in [6.07, 6.45) is 2.54. The van der Waals surface area contributed by atoms with E-state index in [1.807, 2.05) is 0 Å². The molecule has 0 fully saturated rings. The van der Waals surface area contributed by atoms with E-state index in [2.05, 4.69) is 91.0 Å². The third-order valence-electron chi connectivity index (χ3n) is 4.66. The summed E-state index contributed by atoms with van der Waals surface area (Å²) in [6.45, 7) is 0. The van der Waals surface area contributed by atoms with E-state index in [1.165, 1.54) is 40.3 Å². The number of benzene rings is 3. The fourth-order valence-electron chi connectivity index (χ4n) is 3.41. The van der Waals surface area contributed by atoms with Crippen molar-refractivity contribution in [3.8, 4) is 0 Å². The maximum absolute atomic E-state index is 2.33. The van der Waals surface area contributed by atoms with Crippen LogP contribution in [0.1, 0.15) is 29.5 Å². The van der Waals surface area contributed by atoms with Gasteiger partial charge in [0, 0.05) is 0 Å². The average molecular weight is 534 g/mol. The van der Waals surface area contributed by atoms with E-state index < -0.39 is 0 Å². The fraction of sp³-hybridized carbons (Fsp3) is 0.125. The van der Waals surface area contributed by atoms with Gasteiger partial charge in [-0.25, -0.2) is 0 Å². The van der Waals surface area contributed by atoms with Gasteiger partial charge in [0.2, 0.25) is 0 Å². The molecule has 27 heavy (non-hydrogen) atoms. The topological polar surface area (TPSA) is 0 Å². The van der Waals surface area contributed by atoms with Gasteiger partial charge in [0.1, 0.15) is 0 Å². The summed E-state index contributed by atoms with van der Waals surface area (Å²) in [6, 6.07) is 33.4. The van der Waals surface area contributed by atoms with Gasteiger partial charge in [-0.3, -0.25) is 0 Å². The molecule has 3 aromatic carbocycles. The third kappa shape index (κ3) is 4.87. The van der Waals surface area contributed by atoms with Crippen molar-refractivity contribution in [2.24, 2.45) is 0 Å². The predicted octanol–water partition coefficient (Wildman–Crippen LogP) is 4.97. The molecule has 0 N–H and O–H groups in total. The minimum atomic E-state index is 0.288. The molecular formula is C24H21As3. The van der Waals surface area contributed by atoms with Crippen molar-refractivity contribution in [1.82, 2.24) is 0 Å². The first-order valence-electron chi connectivity index (χ1n) is 9.28. The summed E-state index contributed by atoms with van der Waals surface area (Å²) in [5.41, 5.74) is 7.33. The molecule has 0 spiro atoms. The van der Waals surface area contributed by atoms with Gasteiger partial charge in [0.25, 0.3) is 0 Å². The molecule has 3 aromatic rings. The van der Waals surface area contributed by atoms with Gasteiger partial charge in [-0.15, -0.1) is 0 Å². The SMILES string of the molecule is c1ccc(C2=[As]\[As]=[As]/CCC/C(c3ccccc3)=C\2c2ccccc2)cc1. The van der Waals surface area contributed by atoms with E-state index in [1.54, 1.807) is 9.88 Å². The number of hydrogen-bond acceptors (Lipinski definition) is 0. The number of hydrogen-bond donors (Lipinski definition) is 0. The Morgan fingerprint density at radius 1 is 0.593 bits per heavy atom. The first kappa shape index (κ1) is 19.3. The average Bonchev–Trinajstić information content (AvgIpc) is 2.86. The van der Waals surface area contributed by atoms with Crippen LogP contribution in [0.15, 0.2) is 91.0 Å². The quantitative estimate of drug-likeness (QED) is 0.417. The maximum atomic E-state index is 2.33. The van der Waals surface area contributed by atoms with Crippen molar-refractivity contribution >= 4 is 52.9 Å². The van der Waals surface area contributed by atoms with Crippen LogP contribution in [0.5, 0.6) is 0 Å². The fourth-order valence-corrected chi connectivity index (χ4v) is 26.1. The van der Waals surface area contributed by atoms with Gasteiger partial charge in [0.05, 0.1) is 0 Å². The van der Waals surface area contributed by atoms with Crippen LogP contribution in [-0.4, -0.2) is 41.8 Å². The van der Waals surface area contributed by atoms with E-state index in [4.69, 9.17) is 0 Å². The van der Waals surface area contributed by atoms with Gasteiger partial charge >= 0.3 is 179 Å².